The Morgan fingerprint density at radius 3 is 2.37 bits per heavy atom. The zero-order valence-electron chi connectivity index (χ0n) is 10.3. The van der Waals surface area contributed by atoms with Gasteiger partial charge >= 0.3 is 0 Å². The molecule has 1 aromatic carbocycles. The van der Waals surface area contributed by atoms with Crippen LogP contribution >= 0.6 is 0 Å². The smallest absolute Gasteiger partial charge is 0.255 e. The molecule has 0 unspecified atom stereocenters. The molecule has 5 heteroatoms. The first kappa shape index (κ1) is 12.9. The molecule has 98 valence electrons. The second-order valence-electron chi connectivity index (χ2n) is 3.88. The summed E-state index contributed by atoms with van der Waals surface area (Å²) in [6, 6.07) is 10.8. The van der Waals surface area contributed by atoms with Crippen molar-refractivity contribution in [3.8, 4) is 11.5 Å². The van der Waals surface area contributed by atoms with Gasteiger partial charge in [-0.1, -0.05) is 6.07 Å². The summed E-state index contributed by atoms with van der Waals surface area (Å²) in [5.41, 5.74) is 5.98. The number of amides is 1. The van der Waals surface area contributed by atoms with E-state index in [4.69, 9.17) is 15.2 Å². The quantitative estimate of drug-likeness (QED) is 0.852. The van der Waals surface area contributed by atoms with Gasteiger partial charge in [0.2, 0.25) is 0 Å². The van der Waals surface area contributed by atoms with Gasteiger partial charge in [0.15, 0.2) is 6.61 Å². The van der Waals surface area contributed by atoms with E-state index in [0.717, 1.165) is 11.3 Å². The highest BCUT2D eigenvalue weighted by Crippen LogP contribution is 2.18. The van der Waals surface area contributed by atoms with E-state index in [-0.39, 0.29) is 6.61 Å². The summed E-state index contributed by atoms with van der Waals surface area (Å²) in [6.45, 7) is 0.325. The average Bonchev–Trinajstić information content (AvgIpc) is 2.45. The maximum absolute atomic E-state index is 10.6. The molecule has 0 aliphatic carbocycles. The van der Waals surface area contributed by atoms with Gasteiger partial charge in [-0.15, -0.1) is 0 Å². The van der Waals surface area contributed by atoms with Crippen molar-refractivity contribution in [3.05, 3.63) is 54.4 Å². The number of carbonyl (C=O) groups excluding carboxylic acids is 1. The Morgan fingerprint density at radius 2 is 1.79 bits per heavy atom. The van der Waals surface area contributed by atoms with Crippen LogP contribution in [0.15, 0.2) is 48.8 Å². The number of rotatable bonds is 6. The highest BCUT2D eigenvalue weighted by Gasteiger charge is 1.99. The van der Waals surface area contributed by atoms with E-state index in [1.54, 1.807) is 36.7 Å². The highest BCUT2D eigenvalue weighted by molar-refractivity contribution is 5.75. The van der Waals surface area contributed by atoms with Crippen LogP contribution in [0, 0.1) is 0 Å². The molecule has 2 aromatic rings. The van der Waals surface area contributed by atoms with E-state index < -0.39 is 5.91 Å². The van der Waals surface area contributed by atoms with Crippen molar-refractivity contribution >= 4 is 5.91 Å². The van der Waals surface area contributed by atoms with E-state index in [2.05, 4.69) is 4.98 Å². The van der Waals surface area contributed by atoms with E-state index in [1.807, 2.05) is 12.1 Å². The van der Waals surface area contributed by atoms with Crippen LogP contribution in [-0.4, -0.2) is 17.5 Å². The summed E-state index contributed by atoms with van der Waals surface area (Å²) < 4.78 is 10.7. The minimum atomic E-state index is -0.503. The minimum Gasteiger partial charge on any atom is -0.489 e. The topological polar surface area (TPSA) is 74.4 Å². The second kappa shape index (κ2) is 6.39. The predicted octanol–water partition coefficient (Wildman–Crippen LogP) is 1.52. The van der Waals surface area contributed by atoms with E-state index in [0.29, 0.717) is 12.4 Å². The van der Waals surface area contributed by atoms with Crippen LogP contribution in [0.5, 0.6) is 11.5 Å². The third-order valence-electron chi connectivity index (χ3n) is 2.33. The van der Waals surface area contributed by atoms with Gasteiger partial charge in [0, 0.05) is 18.0 Å². The molecule has 1 aromatic heterocycles. The molecule has 0 aliphatic heterocycles. The van der Waals surface area contributed by atoms with Gasteiger partial charge < -0.3 is 15.2 Å². The molecule has 5 nitrogen and oxygen atoms in total. The van der Waals surface area contributed by atoms with Crippen molar-refractivity contribution in [3.63, 3.8) is 0 Å². The Balaban J connectivity index is 1.86. The molecule has 2 N–H and O–H groups in total. The predicted molar refractivity (Wildman–Crippen MR) is 69.7 cm³/mol. The lowest BCUT2D eigenvalue weighted by Crippen LogP contribution is -2.19. The molecule has 19 heavy (non-hydrogen) atoms. The normalized spacial score (nSPS) is 9.89. The monoisotopic (exact) mass is 258 g/mol. The summed E-state index contributed by atoms with van der Waals surface area (Å²) in [5.74, 6) is 0.791. The molecular formula is C14H14N2O3. The van der Waals surface area contributed by atoms with Crippen LogP contribution in [0.2, 0.25) is 0 Å². The fourth-order valence-corrected chi connectivity index (χ4v) is 1.44. The lowest BCUT2D eigenvalue weighted by atomic mass is 10.3. The summed E-state index contributed by atoms with van der Waals surface area (Å²) in [5, 5.41) is 0. The third kappa shape index (κ3) is 4.31. The van der Waals surface area contributed by atoms with Crippen LogP contribution in [0.4, 0.5) is 0 Å². The first-order valence-electron chi connectivity index (χ1n) is 5.77. The van der Waals surface area contributed by atoms with Crippen molar-refractivity contribution < 1.29 is 14.3 Å². The SMILES string of the molecule is NC(=O)COc1ccc(OCc2cccnc2)cc1. The minimum absolute atomic E-state index is 0.129. The summed E-state index contributed by atoms with van der Waals surface area (Å²) >= 11 is 0. The maximum Gasteiger partial charge on any atom is 0.255 e. The van der Waals surface area contributed by atoms with Gasteiger partial charge in [0.1, 0.15) is 18.1 Å². The zero-order valence-corrected chi connectivity index (χ0v) is 10.3. The van der Waals surface area contributed by atoms with Crippen molar-refractivity contribution in [1.29, 1.82) is 0 Å². The van der Waals surface area contributed by atoms with Crippen LogP contribution in [-0.2, 0) is 11.4 Å². The molecule has 0 aliphatic rings. The van der Waals surface area contributed by atoms with Crippen LogP contribution in [0.1, 0.15) is 5.56 Å². The number of benzene rings is 1. The molecule has 0 saturated carbocycles. The van der Waals surface area contributed by atoms with Crippen molar-refractivity contribution in [2.24, 2.45) is 5.73 Å². The summed E-state index contributed by atoms with van der Waals surface area (Å²) in [4.78, 5) is 14.6. The number of nitrogens with two attached hydrogens (primary N) is 1. The molecule has 0 atom stereocenters. The van der Waals surface area contributed by atoms with Gasteiger partial charge in [-0.3, -0.25) is 9.78 Å². The maximum atomic E-state index is 10.6. The standard InChI is InChI=1S/C14H14N2O3/c15-14(17)10-19-13-5-3-12(4-6-13)18-9-11-2-1-7-16-8-11/h1-8H,9-10H2,(H2,15,17). The molecule has 0 radical (unpaired) electrons. The van der Waals surface area contributed by atoms with Gasteiger partial charge in [0.05, 0.1) is 0 Å². The molecule has 0 bridgehead atoms. The van der Waals surface area contributed by atoms with Gasteiger partial charge in [-0.25, -0.2) is 0 Å². The molecule has 1 amide bonds. The molecular weight excluding hydrogens is 244 g/mol. The Bertz CT molecular complexity index is 526. The summed E-state index contributed by atoms with van der Waals surface area (Å²) in [7, 11) is 0. The number of carbonyl (C=O) groups is 1. The van der Waals surface area contributed by atoms with E-state index in [9.17, 15) is 4.79 Å². The van der Waals surface area contributed by atoms with Gasteiger partial charge in [0.25, 0.3) is 5.91 Å². The van der Waals surface area contributed by atoms with E-state index >= 15 is 0 Å². The lowest BCUT2D eigenvalue weighted by Gasteiger charge is -2.07. The van der Waals surface area contributed by atoms with Gasteiger partial charge in [-0.05, 0) is 30.3 Å². The Hall–Kier alpha value is -2.56. The highest BCUT2D eigenvalue weighted by atomic mass is 16.5. The second-order valence-corrected chi connectivity index (χ2v) is 3.88. The number of hydrogen-bond acceptors (Lipinski definition) is 4. The fraction of sp³-hybridized carbons (Fsp3) is 0.143. The molecule has 0 fully saturated rings. The van der Waals surface area contributed by atoms with Crippen LogP contribution < -0.4 is 15.2 Å². The first-order valence-corrected chi connectivity index (χ1v) is 5.77. The Morgan fingerprint density at radius 1 is 1.11 bits per heavy atom. The number of hydrogen-bond donors (Lipinski definition) is 1. The van der Waals surface area contributed by atoms with Crippen LogP contribution in [0.3, 0.4) is 0 Å². The number of primary amides is 1. The third-order valence-corrected chi connectivity index (χ3v) is 2.33. The molecule has 2 rings (SSSR count). The number of nitrogens with zero attached hydrogens (tertiary/aromatic N) is 1. The molecule has 1 heterocycles. The molecule has 0 saturated heterocycles. The fourth-order valence-electron chi connectivity index (χ4n) is 1.44. The Kier molecular flexibility index (Phi) is 4.34. The van der Waals surface area contributed by atoms with Crippen molar-refractivity contribution in [2.45, 2.75) is 6.61 Å². The average molecular weight is 258 g/mol. The largest absolute Gasteiger partial charge is 0.489 e. The van der Waals surface area contributed by atoms with Crippen molar-refractivity contribution in [1.82, 2.24) is 4.98 Å². The first-order chi connectivity index (χ1) is 9.24. The van der Waals surface area contributed by atoms with Gasteiger partial charge in [-0.2, -0.15) is 0 Å². The zero-order chi connectivity index (χ0) is 13.5. The Labute approximate surface area is 111 Å². The molecule has 0 spiro atoms. The lowest BCUT2D eigenvalue weighted by molar-refractivity contribution is -0.119. The number of pyridine rings is 1. The van der Waals surface area contributed by atoms with Crippen molar-refractivity contribution in [2.75, 3.05) is 6.61 Å². The van der Waals surface area contributed by atoms with Crippen LogP contribution in [0.25, 0.3) is 0 Å². The number of aromatic nitrogens is 1. The number of ether oxygens (including phenoxy) is 2. The van der Waals surface area contributed by atoms with E-state index in [1.165, 1.54) is 0 Å². The summed E-state index contributed by atoms with van der Waals surface area (Å²) in [6.07, 6.45) is 3.47.